The van der Waals surface area contributed by atoms with Crippen molar-refractivity contribution >= 4 is 10.1 Å². The summed E-state index contributed by atoms with van der Waals surface area (Å²) in [5, 5.41) is -5.48. The standard InChI is InChI=1S/C12H10F13N2.C2H2F4O3S/c1-26-4-5-27(6-26)3-2-7(13,14)8(15,16)9(17,18)10(19,20)11(21,22)12(23,24)25;3-1(4)2(5,6)10(7,8)9/h4-6H,2-3H2,1H3;1H,(H,7,8,9)/q+1;/p-1. The third-order valence-electron chi connectivity index (χ3n) is 4.09. The quantitative estimate of drug-likeness (QED) is 0.229. The third-order valence-corrected chi connectivity index (χ3v) is 4.94. The van der Waals surface area contributed by atoms with Gasteiger partial charge in [-0.2, -0.15) is 65.9 Å². The van der Waals surface area contributed by atoms with Gasteiger partial charge in [0, 0.05) is 0 Å². The SMILES string of the molecule is C[n+]1ccn(CCC(F)(F)C(F)(F)C(F)(F)C(F)(F)C(F)(F)C(F)(F)F)c1.O=S(=O)([O-])C(F)(F)C(F)F. The minimum Gasteiger partial charge on any atom is -0.743 e. The monoisotopic (exact) mass is 610 g/mol. The van der Waals surface area contributed by atoms with Crippen LogP contribution in [0.1, 0.15) is 6.42 Å². The summed E-state index contributed by atoms with van der Waals surface area (Å²) in [7, 11) is -4.89. The van der Waals surface area contributed by atoms with Crippen LogP contribution in [0.3, 0.4) is 0 Å². The molecule has 220 valence electrons. The Bertz CT molecular complexity index is 1020. The summed E-state index contributed by atoms with van der Waals surface area (Å²) in [5.74, 6) is -36.6. The lowest BCUT2D eigenvalue weighted by atomic mass is 9.92. The lowest BCUT2D eigenvalue weighted by Gasteiger charge is -2.39. The first-order valence-corrected chi connectivity index (χ1v) is 9.91. The Kier molecular flexibility index (Phi) is 9.67. The fraction of sp³-hybridized carbons (Fsp3) is 0.786. The highest BCUT2D eigenvalue weighted by atomic mass is 32.2. The van der Waals surface area contributed by atoms with Crippen LogP contribution in [-0.2, 0) is 23.7 Å². The molecular weight excluding hydrogens is 599 g/mol. The molecule has 0 saturated heterocycles. The number of rotatable bonds is 9. The Morgan fingerprint density at radius 1 is 0.784 bits per heavy atom. The normalized spacial score (nSPS) is 15.0. The summed E-state index contributed by atoms with van der Waals surface area (Å²) in [6, 6.07) is 0. The molecule has 1 rings (SSSR count). The van der Waals surface area contributed by atoms with Gasteiger partial charge in [0.05, 0.1) is 20.0 Å². The number of halogens is 17. The fourth-order valence-electron chi connectivity index (χ4n) is 1.97. The lowest BCUT2D eigenvalue weighted by molar-refractivity contribution is -0.671. The molecule has 0 saturated carbocycles. The zero-order valence-electron chi connectivity index (χ0n) is 17.2. The molecule has 0 aliphatic rings. The number of alkyl halides is 17. The Morgan fingerprint density at radius 2 is 1.19 bits per heavy atom. The number of nitrogens with zero attached hydrogens (tertiary/aromatic N) is 2. The van der Waals surface area contributed by atoms with Gasteiger partial charge in [-0.05, 0) is 0 Å². The van der Waals surface area contributed by atoms with Gasteiger partial charge in [0.1, 0.15) is 12.4 Å². The van der Waals surface area contributed by atoms with Crippen LogP contribution in [0.2, 0.25) is 0 Å². The molecule has 37 heavy (non-hydrogen) atoms. The van der Waals surface area contributed by atoms with E-state index in [1.807, 2.05) is 0 Å². The minimum absolute atomic E-state index is 0.741. The highest BCUT2D eigenvalue weighted by molar-refractivity contribution is 7.86. The van der Waals surface area contributed by atoms with E-state index in [9.17, 15) is 87.6 Å². The maximum absolute atomic E-state index is 13.5. The van der Waals surface area contributed by atoms with Crippen molar-refractivity contribution in [3.8, 4) is 0 Å². The summed E-state index contributed by atoms with van der Waals surface area (Å²) in [6.07, 6.45) is -10.9. The van der Waals surface area contributed by atoms with Crippen molar-refractivity contribution < 1.29 is 92.2 Å². The first-order valence-electron chi connectivity index (χ1n) is 8.50. The van der Waals surface area contributed by atoms with Crippen LogP contribution in [0.25, 0.3) is 0 Å². The maximum atomic E-state index is 13.5. The average molecular weight is 610 g/mol. The largest absolute Gasteiger partial charge is 0.743 e. The van der Waals surface area contributed by atoms with E-state index in [2.05, 4.69) is 0 Å². The summed E-state index contributed by atoms with van der Waals surface area (Å²) in [6.45, 7) is -1.15. The minimum atomic E-state index is -7.86. The topological polar surface area (TPSA) is 66.0 Å². The number of imidazole rings is 1. The number of hydrogen-bond acceptors (Lipinski definition) is 3. The lowest BCUT2D eigenvalue weighted by Crippen LogP contribution is -2.70. The van der Waals surface area contributed by atoms with Crippen LogP contribution in [-0.4, -0.2) is 65.0 Å². The van der Waals surface area contributed by atoms with Crippen LogP contribution in [0, 0.1) is 0 Å². The molecule has 23 heteroatoms. The third kappa shape index (κ3) is 6.50. The van der Waals surface area contributed by atoms with Gasteiger partial charge < -0.3 is 4.55 Å². The molecule has 0 radical (unpaired) electrons. The molecule has 1 aromatic heterocycles. The molecule has 0 fully saturated rings. The molecule has 1 heterocycles. The molecular formula is C14H11F17N2O3S. The Balaban J connectivity index is 0.00000109. The highest BCUT2D eigenvalue weighted by Gasteiger charge is 2.90. The second-order valence-electron chi connectivity index (χ2n) is 6.88. The predicted octanol–water partition coefficient (Wildman–Crippen LogP) is 4.83. The van der Waals surface area contributed by atoms with E-state index in [-0.39, 0.29) is 0 Å². The van der Waals surface area contributed by atoms with E-state index < -0.39 is 70.6 Å². The number of aromatic nitrogens is 2. The first kappa shape index (κ1) is 34.9. The number of hydrogen-bond donors (Lipinski definition) is 0. The number of aryl methyl sites for hydroxylation is 2. The molecule has 1 aromatic rings. The van der Waals surface area contributed by atoms with Crippen molar-refractivity contribution in [1.82, 2.24) is 4.57 Å². The Labute approximate surface area is 194 Å². The molecule has 0 bridgehead atoms. The van der Waals surface area contributed by atoms with Crippen LogP contribution in [0.5, 0.6) is 0 Å². The van der Waals surface area contributed by atoms with Gasteiger partial charge in [-0.15, -0.1) is 0 Å². The van der Waals surface area contributed by atoms with Crippen molar-refractivity contribution in [2.75, 3.05) is 0 Å². The van der Waals surface area contributed by atoms with Crippen LogP contribution < -0.4 is 4.57 Å². The molecule has 0 N–H and O–H groups in total. The van der Waals surface area contributed by atoms with E-state index in [1.165, 1.54) is 17.8 Å². The Hall–Kier alpha value is -2.07. The van der Waals surface area contributed by atoms with Gasteiger partial charge in [-0.3, -0.25) is 0 Å². The molecule has 0 aliphatic carbocycles. The summed E-state index contributed by atoms with van der Waals surface area (Å²) >= 11 is 0. The van der Waals surface area contributed by atoms with E-state index in [0.29, 0.717) is 0 Å². The second-order valence-corrected chi connectivity index (χ2v) is 8.34. The smallest absolute Gasteiger partial charge is 0.460 e. The van der Waals surface area contributed by atoms with Gasteiger partial charge >= 0.3 is 47.5 Å². The first-order chi connectivity index (χ1) is 15.9. The Morgan fingerprint density at radius 3 is 1.46 bits per heavy atom. The molecule has 0 amide bonds. The molecule has 5 nitrogen and oxygen atoms in total. The molecule has 0 unspecified atom stereocenters. The zero-order valence-corrected chi connectivity index (χ0v) is 18.0. The highest BCUT2D eigenvalue weighted by Crippen LogP contribution is 2.60. The second kappa shape index (κ2) is 10.2. The van der Waals surface area contributed by atoms with E-state index >= 15 is 0 Å². The average Bonchev–Trinajstić information content (AvgIpc) is 3.09. The van der Waals surface area contributed by atoms with E-state index in [0.717, 1.165) is 17.1 Å². The van der Waals surface area contributed by atoms with Crippen molar-refractivity contribution in [3.63, 3.8) is 0 Å². The van der Waals surface area contributed by atoms with Crippen molar-refractivity contribution in [2.45, 2.75) is 60.4 Å². The molecule has 0 spiro atoms. The molecule has 0 atom stereocenters. The summed E-state index contributed by atoms with van der Waals surface area (Å²) in [5.41, 5.74) is 0. The molecule has 0 aromatic carbocycles. The van der Waals surface area contributed by atoms with Crippen LogP contribution in [0.15, 0.2) is 18.7 Å². The van der Waals surface area contributed by atoms with Crippen molar-refractivity contribution in [1.29, 1.82) is 0 Å². The van der Waals surface area contributed by atoms with Gasteiger partial charge in [-0.1, -0.05) is 0 Å². The van der Waals surface area contributed by atoms with E-state index in [1.54, 1.807) is 0 Å². The van der Waals surface area contributed by atoms with Crippen LogP contribution >= 0.6 is 0 Å². The van der Waals surface area contributed by atoms with Gasteiger partial charge in [0.15, 0.2) is 10.1 Å². The van der Waals surface area contributed by atoms with Gasteiger partial charge in [-0.25, -0.2) is 26.3 Å². The van der Waals surface area contributed by atoms with Crippen molar-refractivity contribution in [3.05, 3.63) is 18.7 Å². The fourth-order valence-corrected chi connectivity index (χ4v) is 2.19. The van der Waals surface area contributed by atoms with E-state index in [4.69, 9.17) is 0 Å². The van der Waals surface area contributed by atoms with Gasteiger partial charge in [0.25, 0.3) is 0 Å². The van der Waals surface area contributed by atoms with Crippen molar-refractivity contribution in [2.24, 2.45) is 7.05 Å². The molecule has 0 aliphatic heterocycles. The summed E-state index contributed by atoms with van der Waals surface area (Å²) < 4.78 is 242. The maximum Gasteiger partial charge on any atom is 0.460 e. The van der Waals surface area contributed by atoms with Crippen LogP contribution in [0.4, 0.5) is 74.6 Å². The zero-order chi connectivity index (χ0) is 30.3. The van der Waals surface area contributed by atoms with Gasteiger partial charge in [0.2, 0.25) is 6.33 Å². The summed E-state index contributed by atoms with van der Waals surface area (Å²) in [4.78, 5) is 0. The predicted molar refractivity (Wildman–Crippen MR) is 81.7 cm³/mol.